The van der Waals surface area contributed by atoms with Gasteiger partial charge in [0.1, 0.15) is 4.90 Å². The molecule has 0 saturated carbocycles. The molecule has 0 bridgehead atoms. The van der Waals surface area contributed by atoms with Crippen LogP contribution in [-0.2, 0) is 16.6 Å². The summed E-state index contributed by atoms with van der Waals surface area (Å²) in [6, 6.07) is 3.01. The number of halogens is 2. The molecule has 1 rings (SSSR count). The van der Waals surface area contributed by atoms with Gasteiger partial charge in [0.15, 0.2) is 0 Å². The molecule has 0 aliphatic carbocycles. The third-order valence-electron chi connectivity index (χ3n) is 2.38. The molecule has 0 aromatic heterocycles. The Hall–Kier alpha value is -0.330. The first-order valence-corrected chi connectivity index (χ1v) is 7.78. The van der Waals surface area contributed by atoms with Crippen molar-refractivity contribution >= 4 is 33.2 Å². The normalized spacial score (nSPS) is 11.8. The van der Waals surface area contributed by atoms with E-state index >= 15 is 0 Å². The van der Waals surface area contributed by atoms with Crippen LogP contribution < -0.4 is 10.0 Å². The lowest BCUT2D eigenvalue weighted by Gasteiger charge is -2.11. The summed E-state index contributed by atoms with van der Waals surface area (Å²) in [6.07, 6.45) is 0.986. The molecule has 0 fully saturated rings. The lowest BCUT2D eigenvalue weighted by Crippen LogP contribution is -2.20. The van der Waals surface area contributed by atoms with Crippen LogP contribution in [0.1, 0.15) is 18.9 Å². The highest BCUT2D eigenvalue weighted by molar-refractivity contribution is 7.89. The van der Waals surface area contributed by atoms with Gasteiger partial charge in [-0.1, -0.05) is 30.1 Å². The van der Waals surface area contributed by atoms with Crippen molar-refractivity contribution in [3.63, 3.8) is 0 Å². The molecule has 7 heteroatoms. The van der Waals surface area contributed by atoms with E-state index in [0.717, 1.165) is 13.0 Å². The zero-order chi connectivity index (χ0) is 13.8. The van der Waals surface area contributed by atoms with Crippen LogP contribution >= 0.6 is 23.2 Å². The number of sulfonamides is 1. The van der Waals surface area contributed by atoms with Crippen molar-refractivity contribution in [3.8, 4) is 0 Å². The van der Waals surface area contributed by atoms with Crippen LogP contribution in [0.25, 0.3) is 0 Å². The zero-order valence-corrected chi connectivity index (χ0v) is 12.6. The smallest absolute Gasteiger partial charge is 0.241 e. The summed E-state index contributed by atoms with van der Waals surface area (Å²) in [5.41, 5.74) is 0.673. The van der Waals surface area contributed by atoms with Gasteiger partial charge in [0.25, 0.3) is 0 Å². The van der Waals surface area contributed by atoms with Crippen LogP contribution in [0.3, 0.4) is 0 Å². The molecule has 102 valence electrons. The summed E-state index contributed by atoms with van der Waals surface area (Å²) >= 11 is 12.0. The summed E-state index contributed by atoms with van der Waals surface area (Å²) in [6.45, 7) is 3.36. The second-order valence-electron chi connectivity index (χ2n) is 3.76. The fraction of sp³-hybridized carbons (Fsp3) is 0.455. The molecular formula is C11H16Cl2N2O2S. The van der Waals surface area contributed by atoms with Crippen molar-refractivity contribution in [1.82, 2.24) is 10.0 Å². The summed E-state index contributed by atoms with van der Waals surface area (Å²) in [5, 5.41) is 3.71. The van der Waals surface area contributed by atoms with Crippen LogP contribution in [0.2, 0.25) is 10.0 Å². The van der Waals surface area contributed by atoms with Gasteiger partial charge in [-0.2, -0.15) is 0 Å². The van der Waals surface area contributed by atoms with E-state index in [0.29, 0.717) is 17.1 Å². The van der Waals surface area contributed by atoms with Crippen molar-refractivity contribution in [3.05, 3.63) is 27.7 Å². The standard InChI is InChI=1S/C11H16Cl2N2O2S/c1-3-4-15-7-8-5-9(12)6-10(11(8)13)18(16,17)14-2/h5-6,14-15H,3-4,7H2,1-2H3. The average molecular weight is 311 g/mol. The molecule has 2 N–H and O–H groups in total. The van der Waals surface area contributed by atoms with Gasteiger partial charge in [-0.25, -0.2) is 13.1 Å². The minimum absolute atomic E-state index is 0.00691. The predicted molar refractivity (Wildman–Crippen MR) is 74.7 cm³/mol. The van der Waals surface area contributed by atoms with Gasteiger partial charge in [0, 0.05) is 11.6 Å². The van der Waals surface area contributed by atoms with E-state index in [1.54, 1.807) is 6.07 Å². The molecule has 0 atom stereocenters. The van der Waals surface area contributed by atoms with Crippen molar-refractivity contribution < 1.29 is 8.42 Å². The van der Waals surface area contributed by atoms with Crippen LogP contribution in [-0.4, -0.2) is 22.0 Å². The fourth-order valence-corrected chi connectivity index (χ4v) is 3.11. The second kappa shape index (κ2) is 6.73. The first kappa shape index (κ1) is 15.7. The molecule has 1 aromatic rings. The summed E-state index contributed by atoms with van der Waals surface area (Å²) in [4.78, 5) is 0.00691. The van der Waals surface area contributed by atoms with Crippen molar-refractivity contribution in [2.24, 2.45) is 0 Å². The van der Waals surface area contributed by atoms with Crippen LogP contribution in [0.5, 0.6) is 0 Å². The maximum atomic E-state index is 11.8. The topological polar surface area (TPSA) is 58.2 Å². The van der Waals surface area contributed by atoms with Crippen LogP contribution in [0.4, 0.5) is 0 Å². The number of benzene rings is 1. The molecule has 4 nitrogen and oxygen atoms in total. The molecular weight excluding hydrogens is 295 g/mol. The Morgan fingerprint density at radius 2 is 1.94 bits per heavy atom. The Labute approximate surface area is 118 Å². The SMILES string of the molecule is CCCNCc1cc(Cl)cc(S(=O)(=O)NC)c1Cl. The van der Waals surface area contributed by atoms with E-state index < -0.39 is 10.0 Å². The van der Waals surface area contributed by atoms with Gasteiger partial charge in [0.05, 0.1) is 5.02 Å². The van der Waals surface area contributed by atoms with Gasteiger partial charge in [-0.3, -0.25) is 0 Å². The van der Waals surface area contributed by atoms with Gasteiger partial charge >= 0.3 is 0 Å². The maximum absolute atomic E-state index is 11.8. The van der Waals surface area contributed by atoms with Crippen LogP contribution in [0.15, 0.2) is 17.0 Å². The van der Waals surface area contributed by atoms with Crippen molar-refractivity contribution in [2.45, 2.75) is 24.8 Å². The first-order chi connectivity index (χ1) is 8.42. The molecule has 0 aliphatic heterocycles. The largest absolute Gasteiger partial charge is 0.313 e. The Morgan fingerprint density at radius 3 is 2.50 bits per heavy atom. The van der Waals surface area contributed by atoms with Gasteiger partial charge in [-0.05, 0) is 37.7 Å². The maximum Gasteiger partial charge on any atom is 0.241 e. The molecule has 0 unspecified atom stereocenters. The van der Waals surface area contributed by atoms with E-state index in [-0.39, 0.29) is 9.92 Å². The van der Waals surface area contributed by atoms with Crippen molar-refractivity contribution in [1.29, 1.82) is 0 Å². The van der Waals surface area contributed by atoms with E-state index in [2.05, 4.69) is 10.0 Å². The van der Waals surface area contributed by atoms with Gasteiger partial charge in [-0.15, -0.1) is 0 Å². The molecule has 1 aromatic carbocycles. The zero-order valence-electron chi connectivity index (χ0n) is 10.3. The van der Waals surface area contributed by atoms with Gasteiger partial charge < -0.3 is 5.32 Å². The van der Waals surface area contributed by atoms with Gasteiger partial charge in [0.2, 0.25) is 10.0 Å². The minimum atomic E-state index is -3.60. The first-order valence-electron chi connectivity index (χ1n) is 5.54. The monoisotopic (exact) mass is 310 g/mol. The highest BCUT2D eigenvalue weighted by atomic mass is 35.5. The Bertz CT molecular complexity index is 518. The Kier molecular flexibility index (Phi) is 5.88. The fourth-order valence-electron chi connectivity index (χ4n) is 1.45. The number of rotatable bonds is 6. The molecule has 0 amide bonds. The van der Waals surface area contributed by atoms with E-state index in [1.807, 2.05) is 6.92 Å². The van der Waals surface area contributed by atoms with E-state index in [9.17, 15) is 8.42 Å². The lowest BCUT2D eigenvalue weighted by molar-refractivity contribution is 0.588. The minimum Gasteiger partial charge on any atom is -0.313 e. The summed E-state index contributed by atoms with van der Waals surface area (Å²) in [5.74, 6) is 0. The summed E-state index contributed by atoms with van der Waals surface area (Å²) < 4.78 is 25.8. The molecule has 0 heterocycles. The highest BCUT2D eigenvalue weighted by Crippen LogP contribution is 2.29. The van der Waals surface area contributed by atoms with E-state index in [4.69, 9.17) is 23.2 Å². The van der Waals surface area contributed by atoms with Crippen molar-refractivity contribution in [2.75, 3.05) is 13.6 Å². The Morgan fingerprint density at radius 1 is 1.28 bits per heavy atom. The highest BCUT2D eigenvalue weighted by Gasteiger charge is 2.19. The lowest BCUT2D eigenvalue weighted by atomic mass is 10.2. The number of hydrogen-bond donors (Lipinski definition) is 2. The molecule has 0 aliphatic rings. The molecule has 18 heavy (non-hydrogen) atoms. The third kappa shape index (κ3) is 3.83. The molecule has 0 radical (unpaired) electrons. The second-order valence-corrected chi connectivity index (χ2v) is 6.43. The third-order valence-corrected chi connectivity index (χ3v) is 4.59. The molecule has 0 saturated heterocycles. The quantitative estimate of drug-likeness (QED) is 0.793. The average Bonchev–Trinajstić information content (AvgIpc) is 2.33. The number of hydrogen-bond acceptors (Lipinski definition) is 3. The predicted octanol–water partition coefficient (Wildman–Crippen LogP) is 2.40. The Balaban J connectivity index is 3.15. The van der Waals surface area contributed by atoms with E-state index in [1.165, 1.54) is 13.1 Å². The van der Waals surface area contributed by atoms with Crippen LogP contribution in [0, 0.1) is 0 Å². The number of nitrogens with one attached hydrogen (secondary N) is 2. The molecule has 0 spiro atoms. The summed E-state index contributed by atoms with van der Waals surface area (Å²) in [7, 11) is -2.26.